The van der Waals surface area contributed by atoms with Crippen LogP contribution in [-0.2, 0) is 20.7 Å². The van der Waals surface area contributed by atoms with E-state index in [4.69, 9.17) is 14.5 Å². The number of imidazole rings is 1. The SMILES string of the molecule is COC[C@H](C)n1c(CCCC(=O)N2CCCC3(CCOCC3)C2)nc2cccnc21. The van der Waals surface area contributed by atoms with Crippen molar-refractivity contribution in [2.75, 3.05) is 40.0 Å². The van der Waals surface area contributed by atoms with E-state index in [1.807, 2.05) is 12.1 Å². The van der Waals surface area contributed by atoms with Crippen molar-refractivity contribution < 1.29 is 14.3 Å². The Balaban J connectivity index is 1.38. The quantitative estimate of drug-likeness (QED) is 0.695. The number of pyridine rings is 1. The van der Waals surface area contributed by atoms with Crippen LogP contribution in [0.2, 0.25) is 0 Å². The zero-order valence-electron chi connectivity index (χ0n) is 18.3. The molecule has 30 heavy (non-hydrogen) atoms. The lowest BCUT2D eigenvalue weighted by Crippen LogP contribution is -2.48. The maximum Gasteiger partial charge on any atom is 0.222 e. The van der Waals surface area contributed by atoms with Gasteiger partial charge in [-0.15, -0.1) is 0 Å². The third-order valence-corrected chi connectivity index (χ3v) is 6.73. The second-order valence-electron chi connectivity index (χ2n) is 8.93. The molecule has 2 aliphatic heterocycles. The average Bonchev–Trinajstić information content (AvgIpc) is 3.13. The Kier molecular flexibility index (Phi) is 6.68. The molecule has 7 heteroatoms. The molecule has 2 saturated heterocycles. The summed E-state index contributed by atoms with van der Waals surface area (Å²) in [5.74, 6) is 1.27. The summed E-state index contributed by atoms with van der Waals surface area (Å²) in [5, 5.41) is 0. The molecule has 0 unspecified atom stereocenters. The second-order valence-corrected chi connectivity index (χ2v) is 8.93. The summed E-state index contributed by atoms with van der Waals surface area (Å²) in [5.41, 5.74) is 2.08. The minimum atomic E-state index is 0.149. The van der Waals surface area contributed by atoms with Crippen LogP contribution in [0.3, 0.4) is 0 Å². The fourth-order valence-electron chi connectivity index (χ4n) is 5.12. The maximum absolute atomic E-state index is 12.9. The number of methoxy groups -OCH3 is 1. The number of hydrogen-bond donors (Lipinski definition) is 0. The third-order valence-electron chi connectivity index (χ3n) is 6.73. The molecule has 0 radical (unpaired) electrons. The van der Waals surface area contributed by atoms with E-state index >= 15 is 0 Å². The van der Waals surface area contributed by atoms with Gasteiger partial charge in [-0.25, -0.2) is 9.97 Å². The molecule has 1 amide bonds. The van der Waals surface area contributed by atoms with Gasteiger partial charge in [-0.2, -0.15) is 0 Å². The zero-order chi connectivity index (χ0) is 21.0. The number of hydrogen-bond acceptors (Lipinski definition) is 5. The first-order chi connectivity index (χ1) is 14.6. The highest BCUT2D eigenvalue weighted by Crippen LogP contribution is 2.39. The van der Waals surface area contributed by atoms with Crippen LogP contribution in [0.4, 0.5) is 0 Å². The molecular weight excluding hydrogens is 380 g/mol. The lowest BCUT2D eigenvalue weighted by Gasteiger charge is -2.45. The molecular formula is C23H34N4O3. The maximum atomic E-state index is 12.9. The Morgan fingerprint density at radius 1 is 1.33 bits per heavy atom. The van der Waals surface area contributed by atoms with Gasteiger partial charge in [-0.05, 0) is 56.6 Å². The molecule has 2 fully saturated rings. The number of likely N-dealkylation sites (tertiary alicyclic amines) is 1. The van der Waals surface area contributed by atoms with Crippen molar-refractivity contribution in [1.29, 1.82) is 0 Å². The number of aromatic nitrogens is 3. The van der Waals surface area contributed by atoms with Crippen LogP contribution >= 0.6 is 0 Å². The van der Waals surface area contributed by atoms with E-state index in [0.717, 1.165) is 75.4 Å². The van der Waals surface area contributed by atoms with Gasteiger partial charge in [0.2, 0.25) is 5.91 Å². The summed E-state index contributed by atoms with van der Waals surface area (Å²) in [6, 6.07) is 4.06. The van der Waals surface area contributed by atoms with E-state index in [2.05, 4.69) is 21.4 Å². The minimum Gasteiger partial charge on any atom is -0.383 e. The second kappa shape index (κ2) is 9.43. The molecule has 0 saturated carbocycles. The Morgan fingerprint density at radius 3 is 2.97 bits per heavy atom. The lowest BCUT2D eigenvalue weighted by atomic mass is 9.74. The first-order valence-corrected chi connectivity index (χ1v) is 11.3. The number of piperidine rings is 1. The Morgan fingerprint density at radius 2 is 2.17 bits per heavy atom. The number of rotatable bonds is 7. The van der Waals surface area contributed by atoms with Gasteiger partial charge >= 0.3 is 0 Å². The summed E-state index contributed by atoms with van der Waals surface area (Å²) >= 11 is 0. The van der Waals surface area contributed by atoms with Crippen LogP contribution in [0.15, 0.2) is 18.3 Å². The van der Waals surface area contributed by atoms with Crippen LogP contribution in [0.5, 0.6) is 0 Å². The Hall–Kier alpha value is -1.99. The smallest absolute Gasteiger partial charge is 0.222 e. The van der Waals surface area contributed by atoms with E-state index in [1.165, 1.54) is 6.42 Å². The number of nitrogens with zero attached hydrogens (tertiary/aromatic N) is 4. The molecule has 2 aliphatic rings. The van der Waals surface area contributed by atoms with E-state index in [0.29, 0.717) is 18.4 Å². The zero-order valence-corrected chi connectivity index (χ0v) is 18.3. The molecule has 1 spiro atoms. The fourth-order valence-corrected chi connectivity index (χ4v) is 5.12. The molecule has 4 heterocycles. The molecule has 2 aromatic heterocycles. The van der Waals surface area contributed by atoms with Gasteiger partial charge in [0.25, 0.3) is 0 Å². The monoisotopic (exact) mass is 414 g/mol. The number of amides is 1. The largest absolute Gasteiger partial charge is 0.383 e. The topological polar surface area (TPSA) is 69.5 Å². The van der Waals surface area contributed by atoms with E-state index in [9.17, 15) is 4.79 Å². The summed E-state index contributed by atoms with van der Waals surface area (Å²) in [7, 11) is 1.71. The summed E-state index contributed by atoms with van der Waals surface area (Å²) in [6.07, 6.45) is 8.46. The molecule has 164 valence electrons. The molecule has 2 aromatic rings. The van der Waals surface area contributed by atoms with E-state index in [-0.39, 0.29) is 11.9 Å². The number of carbonyl (C=O) groups excluding carboxylic acids is 1. The molecule has 0 bridgehead atoms. The van der Waals surface area contributed by atoms with Gasteiger partial charge in [0, 0.05) is 52.5 Å². The first-order valence-electron chi connectivity index (χ1n) is 11.3. The van der Waals surface area contributed by atoms with Gasteiger partial charge in [0.1, 0.15) is 11.3 Å². The van der Waals surface area contributed by atoms with Crippen molar-refractivity contribution in [3.63, 3.8) is 0 Å². The average molecular weight is 415 g/mol. The van der Waals surface area contributed by atoms with Crippen molar-refractivity contribution in [2.24, 2.45) is 5.41 Å². The van der Waals surface area contributed by atoms with Crippen LogP contribution in [0.25, 0.3) is 11.2 Å². The predicted molar refractivity (Wildman–Crippen MR) is 115 cm³/mol. The number of fused-ring (bicyclic) bond motifs is 1. The third kappa shape index (κ3) is 4.52. The number of ether oxygens (including phenoxy) is 2. The van der Waals surface area contributed by atoms with Gasteiger partial charge in [0.15, 0.2) is 5.65 Å². The normalized spacial score (nSPS) is 20.0. The first kappa shape index (κ1) is 21.2. The van der Waals surface area contributed by atoms with Crippen molar-refractivity contribution >= 4 is 17.1 Å². The van der Waals surface area contributed by atoms with Crippen molar-refractivity contribution in [2.45, 2.75) is 57.9 Å². The molecule has 0 aliphatic carbocycles. The van der Waals surface area contributed by atoms with E-state index in [1.54, 1.807) is 13.3 Å². The van der Waals surface area contributed by atoms with E-state index < -0.39 is 0 Å². The molecule has 0 N–H and O–H groups in total. The van der Waals surface area contributed by atoms with Crippen LogP contribution in [0, 0.1) is 5.41 Å². The standard InChI is InChI=1S/C23H34N4O3/c1-18(16-29-2)27-20(25-19-6-4-12-24-22(19)27)7-3-8-21(28)26-13-5-9-23(17-26)10-14-30-15-11-23/h4,6,12,18H,3,5,7-11,13-17H2,1-2H3/t18-/m0/s1. The highest BCUT2D eigenvalue weighted by atomic mass is 16.5. The lowest BCUT2D eigenvalue weighted by molar-refractivity contribution is -0.137. The van der Waals surface area contributed by atoms with Gasteiger partial charge in [-0.1, -0.05) is 0 Å². The van der Waals surface area contributed by atoms with Crippen molar-refractivity contribution in [3.8, 4) is 0 Å². The Bertz CT molecular complexity index is 854. The van der Waals surface area contributed by atoms with Gasteiger partial charge in [0.05, 0.1) is 12.6 Å². The number of carbonyl (C=O) groups is 1. The molecule has 4 rings (SSSR count). The fraction of sp³-hybridized carbons (Fsp3) is 0.696. The summed E-state index contributed by atoms with van der Waals surface area (Å²) in [4.78, 5) is 24.4. The van der Waals surface area contributed by atoms with Crippen LogP contribution in [-0.4, -0.2) is 65.4 Å². The van der Waals surface area contributed by atoms with Crippen LogP contribution < -0.4 is 0 Å². The molecule has 7 nitrogen and oxygen atoms in total. The number of aryl methyl sites for hydroxylation is 1. The summed E-state index contributed by atoms with van der Waals surface area (Å²) < 4.78 is 13.1. The Labute approximate surface area is 178 Å². The highest BCUT2D eigenvalue weighted by Gasteiger charge is 2.38. The highest BCUT2D eigenvalue weighted by molar-refractivity contribution is 5.76. The van der Waals surface area contributed by atoms with Crippen molar-refractivity contribution in [1.82, 2.24) is 19.4 Å². The van der Waals surface area contributed by atoms with Crippen molar-refractivity contribution in [3.05, 3.63) is 24.2 Å². The van der Waals surface area contributed by atoms with Gasteiger partial charge < -0.3 is 18.9 Å². The molecule has 0 aromatic carbocycles. The summed E-state index contributed by atoms with van der Waals surface area (Å²) in [6.45, 7) is 6.21. The molecule has 1 atom stereocenters. The van der Waals surface area contributed by atoms with Gasteiger partial charge in [-0.3, -0.25) is 4.79 Å². The predicted octanol–water partition coefficient (Wildman–Crippen LogP) is 3.38. The van der Waals surface area contributed by atoms with Crippen LogP contribution in [0.1, 0.15) is 57.3 Å². The minimum absolute atomic E-state index is 0.149.